The molecule has 0 fully saturated rings. The lowest BCUT2D eigenvalue weighted by Gasteiger charge is -2.30. The quantitative estimate of drug-likeness (QED) is 0.728. The molecule has 1 amide bonds. The van der Waals surface area contributed by atoms with Gasteiger partial charge in [-0.2, -0.15) is 0 Å². The van der Waals surface area contributed by atoms with Crippen LogP contribution in [0.4, 0.5) is 5.82 Å². The molecule has 1 aliphatic heterocycles. The molecular formula is C20H20N4O2. The number of carbonyl (C=O) groups is 1. The molecule has 0 bridgehead atoms. The maximum absolute atomic E-state index is 12.6. The second-order valence-corrected chi connectivity index (χ2v) is 6.51. The van der Waals surface area contributed by atoms with Crippen molar-refractivity contribution in [2.45, 2.75) is 13.0 Å². The summed E-state index contributed by atoms with van der Waals surface area (Å²) in [5.41, 5.74) is 3.00. The molecule has 0 atom stereocenters. The number of carbonyl (C=O) groups excluding carboxylic acids is 1. The summed E-state index contributed by atoms with van der Waals surface area (Å²) in [7, 11) is 3.93. The van der Waals surface area contributed by atoms with E-state index in [0.717, 1.165) is 28.5 Å². The third kappa shape index (κ3) is 2.94. The standard InChI is InChI=1S/C20H20N4O2/c1-23(2)19-15-13-24(20(25)17-9-6-12-26-17)11-10-16(15)21-18(22-19)14-7-4-3-5-8-14/h3-9,12H,10-11,13H2,1-2H3. The minimum Gasteiger partial charge on any atom is -0.459 e. The van der Waals surface area contributed by atoms with Crippen molar-refractivity contribution in [3.8, 4) is 11.4 Å². The Bertz CT molecular complexity index is 920. The van der Waals surface area contributed by atoms with Crippen LogP contribution in [0, 0.1) is 0 Å². The van der Waals surface area contributed by atoms with Gasteiger partial charge in [0.25, 0.3) is 5.91 Å². The number of hydrogen-bond donors (Lipinski definition) is 0. The molecule has 0 saturated heterocycles. The van der Waals surface area contributed by atoms with Gasteiger partial charge in [-0.1, -0.05) is 30.3 Å². The Morgan fingerprint density at radius 1 is 1.12 bits per heavy atom. The van der Waals surface area contributed by atoms with Gasteiger partial charge in [-0.05, 0) is 12.1 Å². The van der Waals surface area contributed by atoms with Gasteiger partial charge in [0.1, 0.15) is 5.82 Å². The number of rotatable bonds is 3. The first-order valence-electron chi connectivity index (χ1n) is 8.59. The minimum absolute atomic E-state index is 0.0995. The summed E-state index contributed by atoms with van der Waals surface area (Å²) in [5, 5.41) is 0. The van der Waals surface area contributed by atoms with E-state index in [-0.39, 0.29) is 5.91 Å². The lowest BCUT2D eigenvalue weighted by atomic mass is 10.0. The lowest BCUT2D eigenvalue weighted by Crippen LogP contribution is -2.37. The van der Waals surface area contributed by atoms with Crippen LogP contribution < -0.4 is 4.90 Å². The van der Waals surface area contributed by atoms with E-state index >= 15 is 0 Å². The predicted molar refractivity (Wildman–Crippen MR) is 98.9 cm³/mol. The monoisotopic (exact) mass is 348 g/mol. The Morgan fingerprint density at radius 2 is 1.92 bits per heavy atom. The molecule has 26 heavy (non-hydrogen) atoms. The SMILES string of the molecule is CN(C)c1nc(-c2ccccc2)nc2c1CN(C(=O)c1ccco1)CC2. The Kier molecular flexibility index (Phi) is 4.16. The third-order valence-electron chi connectivity index (χ3n) is 4.51. The molecular weight excluding hydrogens is 328 g/mol. The number of fused-ring (bicyclic) bond motifs is 1. The van der Waals surface area contributed by atoms with Gasteiger partial charge >= 0.3 is 0 Å². The van der Waals surface area contributed by atoms with Crippen molar-refractivity contribution in [1.29, 1.82) is 0 Å². The van der Waals surface area contributed by atoms with Gasteiger partial charge in [0, 0.05) is 38.2 Å². The van der Waals surface area contributed by atoms with Crippen LogP contribution in [0.1, 0.15) is 21.8 Å². The first kappa shape index (κ1) is 16.3. The summed E-state index contributed by atoms with van der Waals surface area (Å²) in [6, 6.07) is 13.4. The topological polar surface area (TPSA) is 62.5 Å². The molecule has 0 saturated carbocycles. The second kappa shape index (κ2) is 6.63. The Morgan fingerprint density at radius 3 is 2.62 bits per heavy atom. The fourth-order valence-corrected chi connectivity index (χ4v) is 3.21. The molecule has 0 unspecified atom stereocenters. The van der Waals surface area contributed by atoms with E-state index in [1.807, 2.05) is 49.3 Å². The van der Waals surface area contributed by atoms with Crippen LogP contribution in [0.5, 0.6) is 0 Å². The zero-order valence-electron chi connectivity index (χ0n) is 14.8. The number of amides is 1. The molecule has 4 rings (SSSR count). The van der Waals surface area contributed by atoms with Crippen molar-refractivity contribution in [2.24, 2.45) is 0 Å². The van der Waals surface area contributed by atoms with E-state index in [2.05, 4.69) is 0 Å². The van der Waals surface area contributed by atoms with Gasteiger partial charge in [-0.3, -0.25) is 4.79 Å². The minimum atomic E-state index is -0.0995. The highest BCUT2D eigenvalue weighted by molar-refractivity contribution is 5.91. The fourth-order valence-electron chi connectivity index (χ4n) is 3.21. The highest BCUT2D eigenvalue weighted by Crippen LogP contribution is 2.29. The maximum Gasteiger partial charge on any atom is 0.289 e. The van der Waals surface area contributed by atoms with Gasteiger partial charge in [0.15, 0.2) is 11.6 Å². The van der Waals surface area contributed by atoms with E-state index in [1.165, 1.54) is 6.26 Å². The molecule has 1 aliphatic rings. The fraction of sp³-hybridized carbons (Fsp3) is 0.250. The molecule has 1 aromatic carbocycles. The van der Waals surface area contributed by atoms with Gasteiger partial charge in [-0.15, -0.1) is 0 Å². The van der Waals surface area contributed by atoms with Crippen molar-refractivity contribution in [3.05, 3.63) is 65.7 Å². The van der Waals surface area contributed by atoms with Crippen LogP contribution in [-0.4, -0.2) is 41.4 Å². The van der Waals surface area contributed by atoms with Crippen LogP contribution in [0.3, 0.4) is 0 Å². The van der Waals surface area contributed by atoms with E-state index in [1.54, 1.807) is 17.0 Å². The number of benzene rings is 1. The van der Waals surface area contributed by atoms with Crippen molar-refractivity contribution in [3.63, 3.8) is 0 Å². The first-order chi connectivity index (χ1) is 12.6. The molecule has 6 nitrogen and oxygen atoms in total. The molecule has 3 aromatic rings. The molecule has 0 radical (unpaired) electrons. The molecule has 0 spiro atoms. The number of nitrogens with zero attached hydrogens (tertiary/aromatic N) is 4. The maximum atomic E-state index is 12.6. The lowest BCUT2D eigenvalue weighted by molar-refractivity contribution is 0.0701. The number of aromatic nitrogens is 2. The van der Waals surface area contributed by atoms with Crippen LogP contribution in [0.15, 0.2) is 53.1 Å². The Balaban J connectivity index is 1.71. The van der Waals surface area contributed by atoms with Gasteiger partial charge in [0.05, 0.1) is 18.5 Å². The summed E-state index contributed by atoms with van der Waals surface area (Å²) >= 11 is 0. The predicted octanol–water partition coefficient (Wildman–Crippen LogP) is 3.00. The smallest absolute Gasteiger partial charge is 0.289 e. The zero-order chi connectivity index (χ0) is 18.1. The normalized spacial score (nSPS) is 13.4. The van der Waals surface area contributed by atoms with E-state index < -0.39 is 0 Å². The summed E-state index contributed by atoms with van der Waals surface area (Å²) in [5.74, 6) is 1.84. The molecule has 3 heterocycles. The largest absolute Gasteiger partial charge is 0.459 e. The van der Waals surface area contributed by atoms with Crippen LogP contribution in [-0.2, 0) is 13.0 Å². The number of anilines is 1. The molecule has 0 N–H and O–H groups in total. The summed E-state index contributed by atoms with van der Waals surface area (Å²) < 4.78 is 5.26. The van der Waals surface area contributed by atoms with Gasteiger partial charge in [-0.25, -0.2) is 9.97 Å². The molecule has 0 aliphatic carbocycles. The number of furan rings is 1. The van der Waals surface area contributed by atoms with Crippen molar-refractivity contribution in [1.82, 2.24) is 14.9 Å². The highest BCUT2D eigenvalue weighted by Gasteiger charge is 2.28. The van der Waals surface area contributed by atoms with Crippen molar-refractivity contribution < 1.29 is 9.21 Å². The van der Waals surface area contributed by atoms with E-state index in [0.29, 0.717) is 25.3 Å². The first-order valence-corrected chi connectivity index (χ1v) is 8.59. The van der Waals surface area contributed by atoms with Crippen LogP contribution >= 0.6 is 0 Å². The number of hydrogen-bond acceptors (Lipinski definition) is 5. The molecule has 2 aromatic heterocycles. The molecule has 132 valence electrons. The summed E-state index contributed by atoms with van der Waals surface area (Å²) in [6.45, 7) is 1.10. The second-order valence-electron chi connectivity index (χ2n) is 6.51. The zero-order valence-corrected chi connectivity index (χ0v) is 14.8. The van der Waals surface area contributed by atoms with Crippen molar-refractivity contribution in [2.75, 3.05) is 25.5 Å². The van der Waals surface area contributed by atoms with E-state index in [4.69, 9.17) is 14.4 Å². The van der Waals surface area contributed by atoms with Crippen molar-refractivity contribution >= 4 is 11.7 Å². The highest BCUT2D eigenvalue weighted by atomic mass is 16.3. The molecule has 6 heteroatoms. The van der Waals surface area contributed by atoms with Crippen LogP contribution in [0.2, 0.25) is 0 Å². The Labute approximate surface area is 152 Å². The van der Waals surface area contributed by atoms with E-state index in [9.17, 15) is 4.79 Å². The average molecular weight is 348 g/mol. The van der Waals surface area contributed by atoms with Gasteiger partial charge in [0.2, 0.25) is 0 Å². The average Bonchev–Trinajstić information content (AvgIpc) is 3.21. The van der Waals surface area contributed by atoms with Crippen LogP contribution in [0.25, 0.3) is 11.4 Å². The summed E-state index contributed by atoms with van der Waals surface area (Å²) in [6.07, 6.45) is 2.22. The summed E-state index contributed by atoms with van der Waals surface area (Å²) in [4.78, 5) is 25.9. The third-order valence-corrected chi connectivity index (χ3v) is 4.51. The van der Waals surface area contributed by atoms with Gasteiger partial charge < -0.3 is 14.2 Å². The Hall–Kier alpha value is -3.15.